The number of anilines is 1. The number of carbonyl (C=O) groups excluding carboxylic acids is 2. The van der Waals surface area contributed by atoms with Crippen molar-refractivity contribution < 1.29 is 9.59 Å². The predicted molar refractivity (Wildman–Crippen MR) is 116 cm³/mol. The lowest BCUT2D eigenvalue weighted by Crippen LogP contribution is -2.43. The van der Waals surface area contributed by atoms with Crippen molar-refractivity contribution in [3.05, 3.63) is 42.0 Å². The molecule has 2 amide bonds. The Kier molecular flexibility index (Phi) is 9.26. The number of likely N-dealkylation sites (tertiary alicyclic amines) is 1. The molecule has 154 valence electrons. The molecule has 1 aromatic rings. The number of hydrogen-bond acceptors (Lipinski definition) is 2. The summed E-state index contributed by atoms with van der Waals surface area (Å²) in [5, 5.41) is 3.01. The number of rotatable bonds is 11. The molecule has 1 heterocycles. The van der Waals surface area contributed by atoms with Crippen LogP contribution in [-0.2, 0) is 9.59 Å². The van der Waals surface area contributed by atoms with E-state index in [2.05, 4.69) is 18.0 Å². The number of benzene rings is 1. The van der Waals surface area contributed by atoms with E-state index in [0.29, 0.717) is 13.0 Å². The molecule has 1 atom stereocenters. The van der Waals surface area contributed by atoms with Crippen molar-refractivity contribution in [3.8, 4) is 0 Å². The lowest BCUT2D eigenvalue weighted by molar-refractivity contribution is -0.136. The third-order valence-corrected chi connectivity index (χ3v) is 5.41. The number of carbonyl (C=O) groups is 2. The highest BCUT2D eigenvalue weighted by atomic mass is 16.2. The van der Waals surface area contributed by atoms with Crippen LogP contribution in [0.3, 0.4) is 0 Å². The first-order valence-corrected chi connectivity index (χ1v) is 10.8. The normalized spacial score (nSPS) is 16.2. The lowest BCUT2D eigenvalue weighted by atomic mass is 10.1. The van der Waals surface area contributed by atoms with Gasteiger partial charge >= 0.3 is 0 Å². The monoisotopic (exact) mass is 384 g/mol. The summed E-state index contributed by atoms with van der Waals surface area (Å²) in [6.07, 6.45) is 12.2. The molecule has 1 unspecified atom stereocenters. The smallest absolute Gasteiger partial charge is 0.247 e. The number of unbranched alkanes of at least 4 members (excludes halogenated alkanes) is 6. The minimum atomic E-state index is -0.327. The molecule has 0 aliphatic carbocycles. The fourth-order valence-electron chi connectivity index (χ4n) is 4.03. The standard InChI is InChI=1S/C24H36N2O2/c1-4-5-6-7-8-9-10-11-14-23(27)26-15-12-13-22(26)24(28)25-21-17-19(2)16-20(3)18-21/h4,16-18,22H,1,5-15H2,2-3H3,(H,25,28). The fourth-order valence-corrected chi connectivity index (χ4v) is 4.03. The van der Waals surface area contributed by atoms with Gasteiger partial charge in [-0.2, -0.15) is 0 Å². The molecule has 1 saturated heterocycles. The molecule has 1 aliphatic heterocycles. The third-order valence-electron chi connectivity index (χ3n) is 5.41. The highest BCUT2D eigenvalue weighted by molar-refractivity contribution is 5.97. The number of nitrogens with one attached hydrogen (secondary N) is 1. The first kappa shape index (κ1) is 22.2. The SMILES string of the molecule is C=CCCCCCCCCC(=O)N1CCCC1C(=O)Nc1cc(C)cc(C)c1. The van der Waals surface area contributed by atoms with Gasteiger partial charge in [-0.25, -0.2) is 0 Å². The zero-order valence-electron chi connectivity index (χ0n) is 17.6. The molecule has 1 fully saturated rings. The maximum Gasteiger partial charge on any atom is 0.247 e. The Bertz CT molecular complexity index is 648. The Hall–Kier alpha value is -2.10. The van der Waals surface area contributed by atoms with Gasteiger partial charge in [0.15, 0.2) is 0 Å². The van der Waals surface area contributed by atoms with Crippen molar-refractivity contribution in [2.24, 2.45) is 0 Å². The highest BCUT2D eigenvalue weighted by Crippen LogP contribution is 2.22. The van der Waals surface area contributed by atoms with Crippen LogP contribution in [0, 0.1) is 13.8 Å². The van der Waals surface area contributed by atoms with Crippen LogP contribution in [0.5, 0.6) is 0 Å². The topological polar surface area (TPSA) is 49.4 Å². The molecular formula is C24H36N2O2. The summed E-state index contributed by atoms with van der Waals surface area (Å²) in [7, 11) is 0. The van der Waals surface area contributed by atoms with E-state index < -0.39 is 0 Å². The van der Waals surface area contributed by atoms with Gasteiger partial charge in [0.1, 0.15) is 6.04 Å². The molecule has 4 heteroatoms. The quantitative estimate of drug-likeness (QED) is 0.402. The van der Waals surface area contributed by atoms with E-state index in [1.54, 1.807) is 4.90 Å². The van der Waals surface area contributed by atoms with Gasteiger partial charge in [-0.3, -0.25) is 9.59 Å². The van der Waals surface area contributed by atoms with Gasteiger partial charge in [-0.15, -0.1) is 6.58 Å². The van der Waals surface area contributed by atoms with Crippen molar-refractivity contribution in [3.63, 3.8) is 0 Å². The number of amides is 2. The van der Waals surface area contributed by atoms with E-state index in [1.165, 1.54) is 25.7 Å². The van der Waals surface area contributed by atoms with Gasteiger partial charge < -0.3 is 10.2 Å². The Morgan fingerprint density at radius 2 is 1.71 bits per heavy atom. The van der Waals surface area contributed by atoms with E-state index in [9.17, 15) is 9.59 Å². The van der Waals surface area contributed by atoms with Crippen molar-refractivity contribution in [1.29, 1.82) is 0 Å². The zero-order valence-corrected chi connectivity index (χ0v) is 17.6. The second-order valence-corrected chi connectivity index (χ2v) is 8.06. The molecule has 0 bridgehead atoms. The summed E-state index contributed by atoms with van der Waals surface area (Å²) in [6, 6.07) is 5.70. The van der Waals surface area contributed by atoms with Crippen molar-refractivity contribution in [1.82, 2.24) is 4.90 Å². The maximum atomic E-state index is 12.7. The number of nitrogens with zero attached hydrogens (tertiary/aromatic N) is 1. The van der Waals surface area contributed by atoms with Crippen LogP contribution in [0.1, 0.15) is 75.3 Å². The average Bonchev–Trinajstić information content (AvgIpc) is 3.13. The van der Waals surface area contributed by atoms with E-state index >= 15 is 0 Å². The van der Waals surface area contributed by atoms with Gasteiger partial charge in [-0.05, 0) is 69.2 Å². The minimum Gasteiger partial charge on any atom is -0.331 e. The molecule has 0 spiro atoms. The highest BCUT2D eigenvalue weighted by Gasteiger charge is 2.33. The zero-order chi connectivity index (χ0) is 20.4. The molecule has 0 saturated carbocycles. The van der Waals surface area contributed by atoms with Crippen molar-refractivity contribution >= 4 is 17.5 Å². The molecule has 1 aliphatic rings. The van der Waals surface area contributed by atoms with Crippen LogP contribution in [-0.4, -0.2) is 29.3 Å². The predicted octanol–water partition coefficient (Wildman–Crippen LogP) is 5.54. The molecular weight excluding hydrogens is 348 g/mol. The second kappa shape index (κ2) is 11.7. The largest absolute Gasteiger partial charge is 0.331 e. The summed E-state index contributed by atoms with van der Waals surface area (Å²) >= 11 is 0. The van der Waals surface area contributed by atoms with Gasteiger partial charge in [0.2, 0.25) is 11.8 Å². The summed E-state index contributed by atoms with van der Waals surface area (Å²) in [4.78, 5) is 27.2. The van der Waals surface area contributed by atoms with Gasteiger partial charge in [0.25, 0.3) is 0 Å². The van der Waals surface area contributed by atoms with Gasteiger partial charge in [0, 0.05) is 18.7 Å². The average molecular weight is 385 g/mol. The van der Waals surface area contributed by atoms with Gasteiger partial charge in [0.05, 0.1) is 0 Å². The minimum absolute atomic E-state index is 0.0573. The Labute approximate surface area is 170 Å². The Balaban J connectivity index is 1.75. The summed E-state index contributed by atoms with van der Waals surface area (Å²) in [6.45, 7) is 8.49. The maximum absolute atomic E-state index is 12.7. The lowest BCUT2D eigenvalue weighted by Gasteiger charge is -2.24. The van der Waals surface area contributed by atoms with Crippen LogP contribution in [0.4, 0.5) is 5.69 Å². The van der Waals surface area contributed by atoms with Crippen LogP contribution < -0.4 is 5.32 Å². The van der Waals surface area contributed by atoms with Crippen LogP contribution in [0.25, 0.3) is 0 Å². The molecule has 28 heavy (non-hydrogen) atoms. The third kappa shape index (κ3) is 7.14. The molecule has 1 N–H and O–H groups in total. The summed E-state index contributed by atoms with van der Waals surface area (Å²) in [5.74, 6) is 0.0720. The van der Waals surface area contributed by atoms with E-state index in [-0.39, 0.29) is 17.9 Å². The molecule has 0 aromatic heterocycles. The summed E-state index contributed by atoms with van der Waals surface area (Å²) < 4.78 is 0. The Morgan fingerprint density at radius 1 is 1.07 bits per heavy atom. The molecule has 1 aromatic carbocycles. The molecule has 0 radical (unpaired) electrons. The van der Waals surface area contributed by atoms with E-state index in [4.69, 9.17) is 0 Å². The summed E-state index contributed by atoms with van der Waals surface area (Å²) in [5.41, 5.74) is 3.07. The number of hydrogen-bond donors (Lipinski definition) is 1. The molecule has 2 rings (SSSR count). The first-order valence-electron chi connectivity index (χ1n) is 10.8. The van der Waals surface area contributed by atoms with Crippen LogP contribution >= 0.6 is 0 Å². The second-order valence-electron chi connectivity index (χ2n) is 8.06. The van der Waals surface area contributed by atoms with Crippen molar-refractivity contribution in [2.45, 2.75) is 84.1 Å². The Morgan fingerprint density at radius 3 is 2.39 bits per heavy atom. The van der Waals surface area contributed by atoms with E-state index in [0.717, 1.165) is 48.9 Å². The first-order chi connectivity index (χ1) is 13.5. The van der Waals surface area contributed by atoms with Crippen LogP contribution in [0.15, 0.2) is 30.9 Å². The van der Waals surface area contributed by atoms with Gasteiger partial charge in [-0.1, -0.05) is 37.8 Å². The molecule has 4 nitrogen and oxygen atoms in total. The number of allylic oxidation sites excluding steroid dienone is 1. The fraction of sp³-hybridized carbons (Fsp3) is 0.583. The van der Waals surface area contributed by atoms with E-state index in [1.807, 2.05) is 32.1 Å². The van der Waals surface area contributed by atoms with Crippen molar-refractivity contribution in [2.75, 3.05) is 11.9 Å². The number of aryl methyl sites for hydroxylation is 2. The van der Waals surface area contributed by atoms with Crippen LogP contribution in [0.2, 0.25) is 0 Å².